The topological polar surface area (TPSA) is 60.8 Å². The molecule has 138 valence electrons. The van der Waals surface area contributed by atoms with Gasteiger partial charge in [0.2, 0.25) is 0 Å². The molecule has 0 amide bonds. The summed E-state index contributed by atoms with van der Waals surface area (Å²) < 4.78 is 0. The van der Waals surface area contributed by atoms with E-state index in [-0.39, 0.29) is 0 Å². The highest BCUT2D eigenvalue weighted by Crippen LogP contribution is 2.36. The third kappa shape index (κ3) is 4.32. The van der Waals surface area contributed by atoms with Crippen LogP contribution in [0.2, 0.25) is 0 Å². The molecule has 2 atom stereocenters. The minimum absolute atomic E-state index is 0.396. The van der Waals surface area contributed by atoms with Crippen molar-refractivity contribution in [2.45, 2.75) is 38.3 Å². The lowest BCUT2D eigenvalue weighted by atomic mass is 9.73. The molecule has 1 aliphatic rings. The highest BCUT2D eigenvalue weighted by molar-refractivity contribution is 5.76. The summed E-state index contributed by atoms with van der Waals surface area (Å²) in [4.78, 5) is 14.3. The Kier molecular flexibility index (Phi) is 6.07. The maximum atomic E-state index is 12.1. The predicted octanol–water partition coefficient (Wildman–Crippen LogP) is 3.35. The van der Waals surface area contributed by atoms with Crippen LogP contribution in [-0.4, -0.2) is 40.3 Å². The second-order valence-electron chi connectivity index (χ2n) is 7.30. The number of piperidine rings is 1. The monoisotopic (exact) mass is 353 g/mol. The Hall–Kier alpha value is -2.17. The molecular weight excluding hydrogens is 326 g/mol. The maximum Gasteiger partial charge on any atom is 0.313 e. The highest BCUT2D eigenvalue weighted by atomic mass is 16.4. The van der Waals surface area contributed by atoms with Crippen molar-refractivity contribution in [3.8, 4) is 0 Å². The summed E-state index contributed by atoms with van der Waals surface area (Å²) in [5.74, 6) is -0.879. The molecule has 2 aromatic rings. The van der Waals surface area contributed by atoms with Gasteiger partial charge in [0.15, 0.2) is 0 Å². The van der Waals surface area contributed by atoms with Gasteiger partial charge in [0.1, 0.15) is 5.41 Å². The van der Waals surface area contributed by atoms with E-state index in [0.717, 1.165) is 25.9 Å². The molecule has 0 aromatic heterocycles. The number of aliphatic hydroxyl groups excluding tert-OH is 1. The standard InChI is InChI=1S/C22H27NO3/c24-20-13-15-23(16-19-10-5-2-6-11-19)17-22(20,21(25)26)14-7-12-18-8-3-1-4-9-18/h1-6,8-11,20,24H,7,12-17H2,(H,25,26)/t20-,22-/m1/s1. The number of carboxylic acids is 1. The minimum Gasteiger partial charge on any atom is -0.481 e. The van der Waals surface area contributed by atoms with E-state index >= 15 is 0 Å². The Morgan fingerprint density at radius 1 is 1.04 bits per heavy atom. The molecule has 0 radical (unpaired) electrons. The lowest BCUT2D eigenvalue weighted by molar-refractivity contribution is -0.164. The molecule has 1 heterocycles. The van der Waals surface area contributed by atoms with Gasteiger partial charge in [-0.3, -0.25) is 9.69 Å². The number of aryl methyl sites for hydroxylation is 1. The number of carbonyl (C=O) groups is 1. The minimum atomic E-state index is -1.08. The zero-order valence-electron chi connectivity index (χ0n) is 15.1. The van der Waals surface area contributed by atoms with Gasteiger partial charge in [0, 0.05) is 19.6 Å². The number of likely N-dealkylation sites (tertiary alicyclic amines) is 1. The Balaban J connectivity index is 1.67. The SMILES string of the molecule is O=C(O)[C@]1(CCCc2ccccc2)CN(Cc2ccccc2)CC[C@H]1O. The molecule has 0 unspecified atom stereocenters. The largest absolute Gasteiger partial charge is 0.481 e. The van der Waals surface area contributed by atoms with Crippen molar-refractivity contribution in [1.82, 2.24) is 4.90 Å². The van der Waals surface area contributed by atoms with Gasteiger partial charge in [0.25, 0.3) is 0 Å². The summed E-state index contributed by atoms with van der Waals surface area (Å²) in [6.45, 7) is 1.85. The van der Waals surface area contributed by atoms with Crippen LogP contribution in [0.1, 0.15) is 30.4 Å². The molecule has 0 aliphatic carbocycles. The van der Waals surface area contributed by atoms with Gasteiger partial charge in [-0.05, 0) is 36.8 Å². The zero-order valence-corrected chi connectivity index (χ0v) is 15.1. The van der Waals surface area contributed by atoms with Gasteiger partial charge < -0.3 is 10.2 Å². The number of carboxylic acid groups (broad SMARTS) is 1. The van der Waals surface area contributed by atoms with Crippen LogP contribution in [0.25, 0.3) is 0 Å². The number of hydrogen-bond donors (Lipinski definition) is 2. The first-order valence-electron chi connectivity index (χ1n) is 9.32. The highest BCUT2D eigenvalue weighted by Gasteiger charge is 2.48. The van der Waals surface area contributed by atoms with Crippen molar-refractivity contribution in [2.75, 3.05) is 13.1 Å². The van der Waals surface area contributed by atoms with Gasteiger partial charge in [-0.25, -0.2) is 0 Å². The van der Waals surface area contributed by atoms with E-state index in [2.05, 4.69) is 29.2 Å². The second kappa shape index (κ2) is 8.47. The van der Waals surface area contributed by atoms with E-state index in [1.807, 2.05) is 36.4 Å². The zero-order chi connectivity index (χ0) is 18.4. The molecule has 2 N–H and O–H groups in total. The molecule has 1 fully saturated rings. The summed E-state index contributed by atoms with van der Waals surface area (Å²) in [7, 11) is 0. The molecule has 0 spiro atoms. The number of nitrogens with zero attached hydrogens (tertiary/aromatic N) is 1. The van der Waals surface area contributed by atoms with Crippen molar-refractivity contribution in [2.24, 2.45) is 5.41 Å². The number of rotatable bonds is 7. The molecule has 26 heavy (non-hydrogen) atoms. The first-order chi connectivity index (χ1) is 12.6. The number of aliphatic carboxylic acids is 1. The second-order valence-corrected chi connectivity index (χ2v) is 7.30. The summed E-state index contributed by atoms with van der Waals surface area (Å²) in [6.07, 6.45) is 1.80. The Bertz CT molecular complexity index is 704. The molecule has 4 heteroatoms. The van der Waals surface area contributed by atoms with Crippen LogP contribution in [-0.2, 0) is 17.8 Å². The Morgan fingerprint density at radius 3 is 2.27 bits per heavy atom. The number of benzene rings is 2. The maximum absolute atomic E-state index is 12.1. The van der Waals surface area contributed by atoms with Crippen molar-refractivity contribution in [1.29, 1.82) is 0 Å². The molecule has 1 aliphatic heterocycles. The van der Waals surface area contributed by atoms with Gasteiger partial charge in [0.05, 0.1) is 6.10 Å². The van der Waals surface area contributed by atoms with Crippen LogP contribution in [0, 0.1) is 5.41 Å². The van der Waals surface area contributed by atoms with Crippen LogP contribution in [0.4, 0.5) is 0 Å². The molecule has 3 rings (SSSR count). The lowest BCUT2D eigenvalue weighted by Crippen LogP contribution is -2.55. The number of hydrogen-bond acceptors (Lipinski definition) is 3. The Morgan fingerprint density at radius 2 is 1.65 bits per heavy atom. The summed E-state index contributed by atoms with van der Waals surface area (Å²) in [6, 6.07) is 20.2. The van der Waals surface area contributed by atoms with Gasteiger partial charge in [-0.15, -0.1) is 0 Å². The van der Waals surface area contributed by atoms with E-state index in [0.29, 0.717) is 19.4 Å². The molecular formula is C22H27NO3. The first-order valence-corrected chi connectivity index (χ1v) is 9.32. The van der Waals surface area contributed by atoms with Crippen LogP contribution in [0.3, 0.4) is 0 Å². The number of aliphatic hydroxyl groups is 1. The summed E-state index contributed by atoms with van der Waals surface area (Å²) in [5.41, 5.74) is 1.30. The van der Waals surface area contributed by atoms with E-state index < -0.39 is 17.5 Å². The van der Waals surface area contributed by atoms with E-state index in [1.54, 1.807) is 0 Å². The molecule has 2 aromatic carbocycles. The van der Waals surface area contributed by atoms with Crippen molar-refractivity contribution in [3.05, 3.63) is 71.8 Å². The predicted molar refractivity (Wildman–Crippen MR) is 102 cm³/mol. The smallest absolute Gasteiger partial charge is 0.313 e. The normalized spacial score (nSPS) is 23.7. The molecule has 0 saturated carbocycles. The van der Waals surface area contributed by atoms with Gasteiger partial charge in [-0.2, -0.15) is 0 Å². The van der Waals surface area contributed by atoms with Gasteiger partial charge in [-0.1, -0.05) is 60.7 Å². The van der Waals surface area contributed by atoms with Crippen molar-refractivity contribution < 1.29 is 15.0 Å². The molecule has 4 nitrogen and oxygen atoms in total. The Labute approximate surface area is 155 Å². The average Bonchev–Trinajstić information content (AvgIpc) is 2.66. The summed E-state index contributed by atoms with van der Waals surface area (Å²) >= 11 is 0. The fourth-order valence-corrected chi connectivity index (χ4v) is 3.96. The van der Waals surface area contributed by atoms with Crippen LogP contribution < -0.4 is 0 Å². The summed E-state index contributed by atoms with van der Waals surface area (Å²) in [5, 5.41) is 20.5. The lowest BCUT2D eigenvalue weighted by Gasteiger charge is -2.43. The average molecular weight is 353 g/mol. The molecule has 0 bridgehead atoms. The van der Waals surface area contributed by atoms with Gasteiger partial charge >= 0.3 is 5.97 Å². The quantitative estimate of drug-likeness (QED) is 0.801. The van der Waals surface area contributed by atoms with Crippen LogP contribution in [0.5, 0.6) is 0 Å². The van der Waals surface area contributed by atoms with Crippen LogP contribution in [0.15, 0.2) is 60.7 Å². The van der Waals surface area contributed by atoms with E-state index in [9.17, 15) is 15.0 Å². The molecule has 1 saturated heterocycles. The third-order valence-electron chi connectivity index (χ3n) is 5.47. The fraction of sp³-hybridized carbons (Fsp3) is 0.409. The van der Waals surface area contributed by atoms with E-state index in [4.69, 9.17) is 0 Å². The van der Waals surface area contributed by atoms with Crippen LogP contribution >= 0.6 is 0 Å². The fourth-order valence-electron chi connectivity index (χ4n) is 3.96. The third-order valence-corrected chi connectivity index (χ3v) is 5.47. The van der Waals surface area contributed by atoms with Crippen molar-refractivity contribution in [3.63, 3.8) is 0 Å². The van der Waals surface area contributed by atoms with Crippen molar-refractivity contribution >= 4 is 5.97 Å². The first kappa shape index (κ1) is 18.6. The van der Waals surface area contributed by atoms with E-state index in [1.165, 1.54) is 11.1 Å².